The zero-order valence-electron chi connectivity index (χ0n) is 25.2. The Morgan fingerprint density at radius 2 is 1.98 bits per heavy atom. The van der Waals surface area contributed by atoms with Crippen molar-refractivity contribution in [2.24, 2.45) is 0 Å². The first-order valence-corrected chi connectivity index (χ1v) is 16.7. The number of aliphatic hydroxyl groups excluding tert-OH is 1. The number of nitrogens with two attached hydrogens (primary N) is 1. The summed E-state index contributed by atoms with van der Waals surface area (Å²) in [5.74, 6) is -1.36. The van der Waals surface area contributed by atoms with Gasteiger partial charge in [0.15, 0.2) is 17.4 Å². The number of fused-ring (bicyclic) bond motifs is 1. The fourth-order valence-electron chi connectivity index (χ4n) is 4.71. The van der Waals surface area contributed by atoms with Gasteiger partial charge in [-0.2, -0.15) is 9.97 Å². The van der Waals surface area contributed by atoms with E-state index < -0.39 is 73.5 Å². The van der Waals surface area contributed by atoms with E-state index in [1.165, 1.54) is 50.8 Å². The van der Waals surface area contributed by atoms with Gasteiger partial charge >= 0.3 is 18.7 Å². The first-order valence-electron chi connectivity index (χ1n) is 13.5. The number of carbonyl (C=O) groups excluding carboxylic acids is 3. The highest BCUT2D eigenvalue weighted by Gasteiger charge is 2.54. The average Bonchev–Trinajstić information content (AvgIpc) is 3.52. The Kier molecular flexibility index (Phi) is 9.80. The second-order valence-electron chi connectivity index (χ2n) is 10.8. The maximum absolute atomic E-state index is 14.1. The number of rotatable bonds is 12. The van der Waals surface area contributed by atoms with Crippen LogP contribution in [0.5, 0.6) is 5.88 Å². The van der Waals surface area contributed by atoms with Gasteiger partial charge in [-0.15, -0.1) is 0 Å². The van der Waals surface area contributed by atoms with E-state index in [1.807, 2.05) is 0 Å². The van der Waals surface area contributed by atoms with Crippen molar-refractivity contribution in [1.29, 1.82) is 0 Å². The minimum Gasteiger partial charge on any atom is -0.479 e. The predicted molar refractivity (Wildman–Crippen MR) is 156 cm³/mol. The summed E-state index contributed by atoms with van der Waals surface area (Å²) in [5, 5.41) is 25.0. The van der Waals surface area contributed by atoms with Gasteiger partial charge in [0.25, 0.3) is 5.91 Å². The van der Waals surface area contributed by atoms with Gasteiger partial charge in [-0.25, -0.2) is 14.9 Å². The number of carbonyl (C=O) groups is 3. The Balaban J connectivity index is 1.55. The molecule has 2 saturated heterocycles. The quantitative estimate of drug-likeness (QED) is 0.134. The van der Waals surface area contributed by atoms with Crippen molar-refractivity contribution in [3.05, 3.63) is 6.33 Å². The number of imide groups is 1. The Bertz CT molecular complexity index is 1470. The van der Waals surface area contributed by atoms with Crippen LogP contribution in [0.25, 0.3) is 11.2 Å². The van der Waals surface area contributed by atoms with Crippen LogP contribution in [-0.2, 0) is 28.2 Å². The highest BCUT2D eigenvalue weighted by Crippen LogP contribution is 2.57. The molecule has 2 fully saturated rings. The topological polar surface area (TPSA) is 234 Å². The summed E-state index contributed by atoms with van der Waals surface area (Å²) < 4.78 is 37.6. The molecule has 5 N–H and O–H groups in total. The Morgan fingerprint density at radius 1 is 1.30 bits per heavy atom. The molecule has 20 heteroatoms. The van der Waals surface area contributed by atoms with Gasteiger partial charge in [0.2, 0.25) is 11.8 Å². The van der Waals surface area contributed by atoms with Crippen molar-refractivity contribution in [2.45, 2.75) is 69.9 Å². The van der Waals surface area contributed by atoms with Crippen LogP contribution in [0.3, 0.4) is 0 Å². The van der Waals surface area contributed by atoms with E-state index in [0.29, 0.717) is 11.4 Å². The lowest BCUT2D eigenvalue weighted by atomic mass is 9.96. The third-order valence-electron chi connectivity index (χ3n) is 7.15. The van der Waals surface area contributed by atoms with Crippen LogP contribution in [0, 0.1) is 0 Å². The SMILES string of the molecule is COc1nc(N)nc2c1ncn2[C@@H]1OC(COP(=O)(N[C@@H](C)C(=O)OC(C)C)SCC2C(=O)N(C)C(=O)N2C)[C@@H](O)[C@@]1(C)O. The second-order valence-corrected chi connectivity index (χ2v) is 15.2. The van der Waals surface area contributed by atoms with E-state index >= 15 is 0 Å². The fraction of sp³-hybridized carbons (Fsp3) is 0.667. The lowest BCUT2D eigenvalue weighted by Gasteiger charge is -2.27. The van der Waals surface area contributed by atoms with Crippen LogP contribution in [-0.4, -0.2) is 127 Å². The molecule has 2 aromatic heterocycles. The molecule has 2 aliphatic heterocycles. The first kappa shape index (κ1) is 33.8. The molecule has 2 aromatic rings. The number of aliphatic hydroxyl groups is 2. The minimum atomic E-state index is -4.06. The zero-order chi connectivity index (χ0) is 32.7. The maximum Gasteiger partial charge on any atom is 0.327 e. The number of nitrogens with zero attached hydrogens (tertiary/aromatic N) is 6. The van der Waals surface area contributed by atoms with E-state index in [4.69, 9.17) is 24.5 Å². The molecule has 44 heavy (non-hydrogen) atoms. The Hall–Kier alpha value is -3.06. The molecule has 0 aliphatic carbocycles. The van der Waals surface area contributed by atoms with Gasteiger partial charge in [-0.05, 0) is 27.7 Å². The molecule has 7 atom stereocenters. The number of aromatic nitrogens is 4. The van der Waals surface area contributed by atoms with E-state index in [9.17, 15) is 29.2 Å². The molecule has 0 saturated carbocycles. The number of amides is 3. The van der Waals surface area contributed by atoms with E-state index in [1.54, 1.807) is 13.8 Å². The van der Waals surface area contributed by atoms with Crippen LogP contribution in [0.4, 0.5) is 10.7 Å². The summed E-state index contributed by atoms with van der Waals surface area (Å²) in [7, 11) is 4.16. The maximum atomic E-state index is 14.1. The monoisotopic (exact) mass is 660 g/mol. The molecular weight excluding hydrogens is 623 g/mol. The third-order valence-corrected chi connectivity index (χ3v) is 11.2. The van der Waals surface area contributed by atoms with Crippen molar-refractivity contribution in [2.75, 3.05) is 39.3 Å². The smallest absolute Gasteiger partial charge is 0.327 e. The summed E-state index contributed by atoms with van der Waals surface area (Å²) in [6.07, 6.45) is -3.16. The molecule has 244 valence electrons. The number of hydrogen-bond acceptors (Lipinski definition) is 15. The van der Waals surface area contributed by atoms with Crippen LogP contribution >= 0.6 is 18.1 Å². The van der Waals surface area contributed by atoms with Crippen molar-refractivity contribution in [1.82, 2.24) is 34.4 Å². The number of esters is 1. The zero-order valence-corrected chi connectivity index (χ0v) is 26.9. The van der Waals surface area contributed by atoms with Gasteiger partial charge in [0, 0.05) is 19.8 Å². The lowest BCUT2D eigenvalue weighted by Crippen LogP contribution is -2.44. The Morgan fingerprint density at radius 3 is 2.57 bits per heavy atom. The molecule has 3 amide bonds. The number of urea groups is 1. The Labute approximate surface area is 256 Å². The summed E-state index contributed by atoms with van der Waals surface area (Å²) in [6.45, 7) is 1.50. The third kappa shape index (κ3) is 6.49. The summed E-state index contributed by atoms with van der Waals surface area (Å²) in [4.78, 5) is 51.9. The normalized spacial score (nSPS) is 27.8. The summed E-state index contributed by atoms with van der Waals surface area (Å²) >= 11 is 0.701. The molecule has 4 rings (SSSR count). The minimum absolute atomic E-state index is 0.0951. The number of nitrogen functional groups attached to an aromatic ring is 1. The number of ether oxygens (including phenoxy) is 3. The largest absolute Gasteiger partial charge is 0.479 e. The standard InChI is InChI=1S/C24H37N8O10PS/c1-11(2)41-20(35)12(3)29-43(38,44-9-13-19(34)31(6)23(36)30(13)5)40-8-14-16(33)24(4,37)21(42-14)32-10-26-15-17(32)27-22(25)28-18(15)39-7/h10-14,16,21,33,37H,8-9H2,1-7H3,(H,29,38)(H2,25,27,28)/t12-,13?,14?,16+,21+,24+,43?/m0/s1. The van der Waals surface area contributed by atoms with Gasteiger partial charge in [-0.3, -0.25) is 23.6 Å². The number of imidazole rings is 1. The lowest BCUT2D eigenvalue weighted by molar-refractivity contribution is -0.149. The predicted octanol–water partition coefficient (Wildman–Crippen LogP) is 0.106. The number of likely N-dealkylation sites (N-methyl/N-ethyl adjacent to an activating group) is 2. The second kappa shape index (κ2) is 12.7. The molecule has 0 spiro atoms. The molecule has 0 aromatic carbocycles. The van der Waals surface area contributed by atoms with Crippen molar-refractivity contribution in [3.63, 3.8) is 0 Å². The number of methoxy groups -OCH3 is 1. The van der Waals surface area contributed by atoms with Crippen LogP contribution in [0.15, 0.2) is 6.33 Å². The van der Waals surface area contributed by atoms with Crippen molar-refractivity contribution < 1.29 is 47.9 Å². The molecule has 0 radical (unpaired) electrons. The van der Waals surface area contributed by atoms with E-state index in [2.05, 4.69) is 20.0 Å². The molecule has 3 unspecified atom stereocenters. The fourth-order valence-corrected chi connectivity index (χ4v) is 8.68. The molecule has 2 aliphatic rings. The van der Waals surface area contributed by atoms with Crippen molar-refractivity contribution in [3.8, 4) is 5.88 Å². The number of anilines is 1. The average molecular weight is 661 g/mol. The molecule has 18 nitrogen and oxygen atoms in total. The van der Waals surface area contributed by atoms with Gasteiger partial charge in [0.05, 0.1) is 26.1 Å². The van der Waals surface area contributed by atoms with Gasteiger partial charge in [-0.1, -0.05) is 11.4 Å². The van der Waals surface area contributed by atoms with E-state index in [-0.39, 0.29) is 28.7 Å². The van der Waals surface area contributed by atoms with Gasteiger partial charge < -0.3 is 39.6 Å². The molecular formula is C24H37N8O10PS. The van der Waals surface area contributed by atoms with Gasteiger partial charge in [0.1, 0.15) is 29.9 Å². The highest BCUT2D eigenvalue weighted by molar-refractivity contribution is 8.56. The van der Waals surface area contributed by atoms with Crippen molar-refractivity contribution >= 4 is 53.1 Å². The number of nitrogens with one attached hydrogen (secondary N) is 1. The molecule has 0 bridgehead atoms. The first-order chi connectivity index (χ1) is 20.5. The van der Waals surface area contributed by atoms with Crippen LogP contribution < -0.4 is 15.6 Å². The summed E-state index contributed by atoms with van der Waals surface area (Å²) in [6, 6.07) is -2.56. The molecule has 4 heterocycles. The van der Waals surface area contributed by atoms with Crippen LogP contribution in [0.2, 0.25) is 0 Å². The highest BCUT2D eigenvalue weighted by atomic mass is 32.7. The van der Waals surface area contributed by atoms with E-state index in [0.717, 1.165) is 4.90 Å². The summed E-state index contributed by atoms with van der Waals surface area (Å²) in [5.41, 5.74) is 4.28. The number of hydrogen-bond donors (Lipinski definition) is 4. The van der Waals surface area contributed by atoms with Crippen LogP contribution in [0.1, 0.15) is 33.9 Å².